The van der Waals surface area contributed by atoms with Crippen molar-refractivity contribution in [3.8, 4) is 0 Å². The molecule has 1 fully saturated rings. The van der Waals surface area contributed by atoms with Crippen LogP contribution >= 0.6 is 0 Å². The van der Waals surface area contributed by atoms with Crippen molar-refractivity contribution >= 4 is 48.6 Å². The number of nitrogens with one attached hydrogen (secondary N) is 1. The molecule has 2 aromatic rings. The number of fused-ring (bicyclic) bond motifs is 1. The molecule has 1 saturated heterocycles. The molecule has 1 N–H and O–H groups in total. The predicted octanol–water partition coefficient (Wildman–Crippen LogP) is 0.780. The number of esters is 2. The number of carbonyl (C=O) groups excluding carboxylic acids is 2. The summed E-state index contributed by atoms with van der Waals surface area (Å²) in [6.45, 7) is 2.75. The Hall–Kier alpha value is -3.00. The highest BCUT2D eigenvalue weighted by molar-refractivity contribution is 7.86. The first-order valence-corrected chi connectivity index (χ1v) is 10.9. The van der Waals surface area contributed by atoms with E-state index >= 15 is 0 Å². The summed E-state index contributed by atoms with van der Waals surface area (Å²) >= 11 is 0. The van der Waals surface area contributed by atoms with Gasteiger partial charge in [0.15, 0.2) is 5.57 Å². The molecule has 0 radical (unpaired) electrons. The molecule has 30 heavy (non-hydrogen) atoms. The molecule has 0 atom stereocenters. The Kier molecular flexibility index (Phi) is 5.10. The molecule has 0 spiro atoms. The zero-order valence-electron chi connectivity index (χ0n) is 15.4. The van der Waals surface area contributed by atoms with Crippen molar-refractivity contribution < 1.29 is 45.0 Å². The minimum atomic E-state index is -5.09. The third-order valence-electron chi connectivity index (χ3n) is 3.95. The fraction of sp³-hybridized carbons (Fsp3) is 0.176. The van der Waals surface area contributed by atoms with Crippen LogP contribution in [0.1, 0.15) is 13.8 Å². The van der Waals surface area contributed by atoms with Gasteiger partial charge >= 0.3 is 11.9 Å². The molecule has 2 aromatic carbocycles. The first kappa shape index (κ1) is 21.7. The van der Waals surface area contributed by atoms with Gasteiger partial charge in [0.05, 0.1) is 9.79 Å². The second-order valence-corrected chi connectivity index (χ2v) is 9.37. The molecule has 1 aliphatic heterocycles. The number of ether oxygens (including phenoxy) is 2. The maximum Gasteiger partial charge on any atom is 0.350 e. The van der Waals surface area contributed by atoms with Crippen molar-refractivity contribution in [3.63, 3.8) is 0 Å². The van der Waals surface area contributed by atoms with Gasteiger partial charge in [0.25, 0.3) is 5.79 Å². The number of cyclic esters (lactones) is 2. The highest BCUT2D eigenvalue weighted by Crippen LogP contribution is 2.30. The Morgan fingerprint density at radius 1 is 0.933 bits per heavy atom. The first-order chi connectivity index (χ1) is 13.7. The van der Waals surface area contributed by atoms with Crippen LogP contribution in [-0.2, 0) is 39.3 Å². The molecule has 0 unspecified atom stereocenters. The van der Waals surface area contributed by atoms with Crippen LogP contribution in [0.2, 0.25) is 0 Å². The van der Waals surface area contributed by atoms with E-state index in [9.17, 15) is 35.5 Å². The van der Waals surface area contributed by atoms with Crippen LogP contribution in [0.5, 0.6) is 0 Å². The van der Waals surface area contributed by atoms with Crippen LogP contribution in [-0.4, -0.2) is 43.7 Å². The summed E-state index contributed by atoms with van der Waals surface area (Å²) in [5, 5.41) is 2.42. The number of carbonyl (C=O) groups is 2. The molecular weight excluding hydrogens is 442 g/mol. The summed E-state index contributed by atoms with van der Waals surface area (Å²) in [5.74, 6) is -3.30. The second-order valence-electron chi connectivity index (χ2n) is 6.65. The molecule has 0 aromatic heterocycles. The number of hydrogen-bond acceptors (Lipinski definition) is 11. The molecule has 3 rings (SSSR count). The summed E-state index contributed by atoms with van der Waals surface area (Å²) in [6, 6.07) is 5.12. The second kappa shape index (κ2) is 7.05. The zero-order valence-corrected chi connectivity index (χ0v) is 17.0. The highest BCUT2D eigenvalue weighted by atomic mass is 32.2. The topological polar surface area (TPSA) is 179 Å². The summed E-state index contributed by atoms with van der Waals surface area (Å²) in [7, 11) is -10.1. The Labute approximate surface area is 170 Å². The zero-order chi connectivity index (χ0) is 22.5. The van der Waals surface area contributed by atoms with Crippen LogP contribution < -0.4 is 5.32 Å². The Morgan fingerprint density at radius 2 is 1.53 bits per heavy atom. The Balaban J connectivity index is 2.05. The molecule has 0 saturated carbocycles. The van der Waals surface area contributed by atoms with Gasteiger partial charge in [0.2, 0.25) is 0 Å². The largest absolute Gasteiger partial charge is 0.744 e. The minimum absolute atomic E-state index is 0.0559. The van der Waals surface area contributed by atoms with Gasteiger partial charge in [-0.1, -0.05) is 6.07 Å². The quantitative estimate of drug-likeness (QED) is 0.298. The summed E-state index contributed by atoms with van der Waals surface area (Å²) in [4.78, 5) is 22.1. The van der Waals surface area contributed by atoms with Crippen molar-refractivity contribution in [1.82, 2.24) is 0 Å². The lowest BCUT2D eigenvalue weighted by molar-refractivity contribution is -0.222. The van der Waals surface area contributed by atoms with Crippen LogP contribution in [0.3, 0.4) is 0 Å². The third-order valence-corrected chi connectivity index (χ3v) is 5.64. The van der Waals surface area contributed by atoms with Crippen molar-refractivity contribution in [2.45, 2.75) is 29.4 Å². The highest BCUT2D eigenvalue weighted by Gasteiger charge is 2.38. The maximum atomic E-state index is 11.9. The van der Waals surface area contributed by atoms with Crippen LogP contribution in [0.25, 0.3) is 10.8 Å². The van der Waals surface area contributed by atoms with Gasteiger partial charge in [-0.2, -0.15) is 0 Å². The smallest absolute Gasteiger partial charge is 0.350 e. The van der Waals surface area contributed by atoms with E-state index in [1.165, 1.54) is 32.0 Å². The number of anilines is 1. The Bertz CT molecular complexity index is 1300. The van der Waals surface area contributed by atoms with Crippen molar-refractivity contribution in [2.75, 3.05) is 5.32 Å². The van der Waals surface area contributed by atoms with E-state index in [0.717, 1.165) is 12.3 Å². The van der Waals surface area contributed by atoms with Gasteiger partial charge in [0, 0.05) is 25.7 Å². The molecule has 160 valence electrons. The molecule has 0 amide bonds. The normalized spacial score (nSPS) is 16.7. The molecule has 13 heteroatoms. The van der Waals surface area contributed by atoms with E-state index in [-0.39, 0.29) is 16.5 Å². The molecular formula is C17H13NO10S2-2. The number of rotatable bonds is 4. The monoisotopic (exact) mass is 455 g/mol. The average Bonchev–Trinajstić information content (AvgIpc) is 2.57. The van der Waals surface area contributed by atoms with E-state index in [1.54, 1.807) is 0 Å². The van der Waals surface area contributed by atoms with Gasteiger partial charge in [-0.25, -0.2) is 26.4 Å². The Morgan fingerprint density at radius 3 is 2.07 bits per heavy atom. The van der Waals surface area contributed by atoms with Gasteiger partial charge in [0.1, 0.15) is 20.2 Å². The van der Waals surface area contributed by atoms with E-state index in [4.69, 9.17) is 9.47 Å². The van der Waals surface area contributed by atoms with Gasteiger partial charge < -0.3 is 23.9 Å². The number of benzene rings is 2. The standard InChI is InChI=1S/C17H15NO10S2/c1-17(2)27-15(19)13(16(20)28-17)8-18-10-3-4-12-9(5-10)6-11(29(21,22)23)7-14(12)30(24,25)26/h3-8,18H,1-2H3,(H,21,22,23)(H,24,25,26)/p-2. The van der Waals surface area contributed by atoms with Gasteiger partial charge in [-0.3, -0.25) is 0 Å². The van der Waals surface area contributed by atoms with E-state index < -0.39 is 53.3 Å². The van der Waals surface area contributed by atoms with Crippen LogP contribution in [0.4, 0.5) is 5.69 Å². The summed E-state index contributed by atoms with van der Waals surface area (Å²) in [6.07, 6.45) is 0.987. The maximum absolute atomic E-state index is 11.9. The van der Waals surface area contributed by atoms with Crippen LogP contribution in [0, 0.1) is 0 Å². The summed E-state index contributed by atoms with van der Waals surface area (Å²) < 4.78 is 78.3. The third kappa shape index (κ3) is 4.43. The lowest BCUT2D eigenvalue weighted by Gasteiger charge is -2.29. The SMILES string of the molecule is CC1(C)OC(=O)C(=CNc2ccc3c(S(=O)(=O)[O-])cc(S(=O)(=O)[O-])cc3c2)C(=O)O1. The first-order valence-electron chi connectivity index (χ1n) is 8.10. The van der Waals surface area contributed by atoms with Gasteiger partial charge in [-0.15, -0.1) is 0 Å². The summed E-state index contributed by atoms with van der Waals surface area (Å²) in [5.41, 5.74) is -0.275. The lowest BCUT2D eigenvalue weighted by atomic mass is 10.1. The van der Waals surface area contributed by atoms with Crippen molar-refractivity contribution in [3.05, 3.63) is 42.1 Å². The average molecular weight is 455 g/mol. The van der Waals surface area contributed by atoms with Gasteiger partial charge in [-0.05, 0) is 35.0 Å². The fourth-order valence-electron chi connectivity index (χ4n) is 2.68. The molecule has 1 aliphatic rings. The van der Waals surface area contributed by atoms with Crippen LogP contribution in [0.15, 0.2) is 51.9 Å². The van der Waals surface area contributed by atoms with E-state index in [1.807, 2.05) is 0 Å². The molecule has 1 heterocycles. The minimum Gasteiger partial charge on any atom is -0.744 e. The fourth-order valence-corrected chi connectivity index (χ4v) is 4.02. The lowest BCUT2D eigenvalue weighted by Crippen LogP contribution is -2.42. The molecule has 0 aliphatic carbocycles. The van der Waals surface area contributed by atoms with E-state index in [0.29, 0.717) is 6.07 Å². The predicted molar refractivity (Wildman–Crippen MR) is 97.8 cm³/mol. The van der Waals surface area contributed by atoms with Crippen molar-refractivity contribution in [2.24, 2.45) is 0 Å². The van der Waals surface area contributed by atoms with E-state index in [2.05, 4.69) is 5.32 Å². The number of hydrogen-bond donors (Lipinski definition) is 1. The molecule has 11 nitrogen and oxygen atoms in total. The molecule has 0 bridgehead atoms. The van der Waals surface area contributed by atoms with Crippen molar-refractivity contribution in [1.29, 1.82) is 0 Å².